The summed E-state index contributed by atoms with van der Waals surface area (Å²) < 4.78 is 19.3. The number of rotatable bonds is 11. The number of nitrogens with zero attached hydrogens (tertiary/aromatic N) is 1. The predicted octanol–water partition coefficient (Wildman–Crippen LogP) is 5.33. The molecule has 1 N–H and O–H groups in total. The van der Waals surface area contributed by atoms with E-state index in [4.69, 9.17) is 4.74 Å². The van der Waals surface area contributed by atoms with Gasteiger partial charge in [0.15, 0.2) is 6.61 Å². The number of nitrogens with one attached hydrogen (secondary N) is 1. The number of hydrogen-bond donors (Lipinski definition) is 1. The molecule has 188 valence electrons. The van der Waals surface area contributed by atoms with Crippen molar-refractivity contribution in [2.75, 3.05) is 13.2 Å². The van der Waals surface area contributed by atoms with E-state index in [2.05, 4.69) is 5.32 Å². The van der Waals surface area contributed by atoms with Crippen LogP contribution in [0.5, 0.6) is 5.75 Å². The van der Waals surface area contributed by atoms with Crippen LogP contribution in [0.2, 0.25) is 0 Å². The fourth-order valence-electron chi connectivity index (χ4n) is 4.03. The van der Waals surface area contributed by atoms with Crippen LogP contribution in [0.3, 0.4) is 0 Å². The number of hydrogen-bond acceptors (Lipinski definition) is 3. The predicted molar refractivity (Wildman–Crippen MR) is 141 cm³/mol. The molecule has 0 aromatic heterocycles. The van der Waals surface area contributed by atoms with Crippen molar-refractivity contribution < 1.29 is 18.7 Å². The van der Waals surface area contributed by atoms with Gasteiger partial charge >= 0.3 is 0 Å². The van der Waals surface area contributed by atoms with Crippen LogP contribution in [0.15, 0.2) is 115 Å². The lowest BCUT2D eigenvalue weighted by atomic mass is 10.0. The van der Waals surface area contributed by atoms with Crippen molar-refractivity contribution in [1.82, 2.24) is 10.2 Å². The molecule has 4 rings (SSSR count). The number of halogens is 1. The SMILES string of the molecule is O=C(NCCc1ccccc1)[C@H](c1ccccc1)N(Cc1ccc(F)cc1)C(=O)COc1ccccc1. The Morgan fingerprint density at radius 3 is 2.00 bits per heavy atom. The third-order valence-corrected chi connectivity index (χ3v) is 5.92. The van der Waals surface area contributed by atoms with Gasteiger partial charge in [-0.15, -0.1) is 0 Å². The minimum Gasteiger partial charge on any atom is -0.484 e. The fraction of sp³-hybridized carbons (Fsp3) is 0.161. The van der Waals surface area contributed by atoms with Crippen LogP contribution >= 0.6 is 0 Å². The highest BCUT2D eigenvalue weighted by Crippen LogP contribution is 2.24. The number of benzene rings is 4. The van der Waals surface area contributed by atoms with Gasteiger partial charge in [-0.25, -0.2) is 4.39 Å². The maximum atomic E-state index is 13.6. The van der Waals surface area contributed by atoms with E-state index >= 15 is 0 Å². The molecule has 4 aromatic rings. The molecule has 37 heavy (non-hydrogen) atoms. The average molecular weight is 497 g/mol. The monoisotopic (exact) mass is 496 g/mol. The molecule has 0 bridgehead atoms. The van der Waals surface area contributed by atoms with E-state index in [0.717, 1.165) is 5.56 Å². The van der Waals surface area contributed by atoms with Gasteiger partial charge in [0.2, 0.25) is 5.91 Å². The second-order valence-electron chi connectivity index (χ2n) is 8.59. The number of amides is 2. The van der Waals surface area contributed by atoms with Crippen molar-refractivity contribution in [1.29, 1.82) is 0 Å². The number of ether oxygens (including phenoxy) is 1. The van der Waals surface area contributed by atoms with E-state index in [0.29, 0.717) is 29.8 Å². The molecule has 0 unspecified atom stereocenters. The summed E-state index contributed by atoms with van der Waals surface area (Å²) in [6.45, 7) is 0.292. The molecule has 0 aliphatic carbocycles. The van der Waals surface area contributed by atoms with E-state index in [-0.39, 0.29) is 30.8 Å². The Balaban J connectivity index is 1.58. The highest BCUT2D eigenvalue weighted by Gasteiger charge is 2.31. The van der Waals surface area contributed by atoms with E-state index in [1.807, 2.05) is 78.9 Å². The Morgan fingerprint density at radius 1 is 0.757 bits per heavy atom. The largest absolute Gasteiger partial charge is 0.484 e. The smallest absolute Gasteiger partial charge is 0.261 e. The second-order valence-corrected chi connectivity index (χ2v) is 8.59. The summed E-state index contributed by atoms with van der Waals surface area (Å²) in [6.07, 6.45) is 0.664. The molecule has 0 aliphatic rings. The number of carbonyl (C=O) groups excluding carboxylic acids is 2. The van der Waals surface area contributed by atoms with Crippen LogP contribution in [0.4, 0.5) is 4.39 Å². The Hall–Kier alpha value is -4.45. The zero-order valence-corrected chi connectivity index (χ0v) is 20.4. The molecule has 0 radical (unpaired) electrons. The van der Waals surface area contributed by atoms with E-state index in [9.17, 15) is 14.0 Å². The van der Waals surface area contributed by atoms with Gasteiger partial charge in [0.1, 0.15) is 17.6 Å². The molecule has 0 aliphatic heterocycles. The van der Waals surface area contributed by atoms with Crippen LogP contribution in [-0.4, -0.2) is 29.9 Å². The zero-order valence-electron chi connectivity index (χ0n) is 20.4. The molecule has 0 fully saturated rings. The Morgan fingerprint density at radius 2 is 1.35 bits per heavy atom. The number of carbonyl (C=O) groups is 2. The molecule has 0 saturated carbocycles. The van der Waals surface area contributed by atoms with Gasteiger partial charge in [0, 0.05) is 13.1 Å². The van der Waals surface area contributed by atoms with Crippen LogP contribution in [0.25, 0.3) is 0 Å². The van der Waals surface area contributed by atoms with Crippen LogP contribution in [-0.2, 0) is 22.6 Å². The summed E-state index contributed by atoms with van der Waals surface area (Å²) in [5.41, 5.74) is 2.48. The maximum Gasteiger partial charge on any atom is 0.261 e. The van der Waals surface area contributed by atoms with Crippen molar-refractivity contribution >= 4 is 11.8 Å². The standard InChI is InChI=1S/C31H29FN2O3/c32-27-18-16-25(17-19-27)22-34(29(35)23-37-28-14-8-3-9-15-28)30(26-12-6-2-7-13-26)31(36)33-21-20-24-10-4-1-5-11-24/h1-19,30H,20-23H2,(H,33,36)/t30-/m0/s1. The Bertz CT molecular complexity index is 1270. The van der Waals surface area contributed by atoms with Gasteiger partial charge in [-0.1, -0.05) is 91.0 Å². The summed E-state index contributed by atoms with van der Waals surface area (Å²) in [4.78, 5) is 28.6. The fourth-order valence-corrected chi connectivity index (χ4v) is 4.03. The number of para-hydroxylation sites is 1. The third-order valence-electron chi connectivity index (χ3n) is 5.92. The molecule has 5 nitrogen and oxygen atoms in total. The molecule has 2 amide bonds. The third kappa shape index (κ3) is 7.51. The van der Waals surface area contributed by atoms with Gasteiger partial charge in [-0.2, -0.15) is 0 Å². The van der Waals surface area contributed by atoms with Crippen molar-refractivity contribution in [2.45, 2.75) is 19.0 Å². The lowest BCUT2D eigenvalue weighted by molar-refractivity contribution is -0.143. The molecule has 4 aromatic carbocycles. The molecule has 1 atom stereocenters. The van der Waals surface area contributed by atoms with Crippen molar-refractivity contribution in [3.05, 3.63) is 138 Å². The minimum absolute atomic E-state index is 0.114. The van der Waals surface area contributed by atoms with Crippen molar-refractivity contribution in [3.8, 4) is 5.75 Å². The molecule has 6 heteroatoms. The molecule has 0 saturated heterocycles. The Labute approximate surface area is 216 Å². The Kier molecular flexibility index (Phi) is 9.02. The van der Waals surface area contributed by atoms with Gasteiger partial charge in [0.25, 0.3) is 5.91 Å². The van der Waals surface area contributed by atoms with Gasteiger partial charge in [-0.05, 0) is 47.4 Å². The normalized spacial score (nSPS) is 11.4. The van der Waals surface area contributed by atoms with Gasteiger partial charge in [0.05, 0.1) is 0 Å². The van der Waals surface area contributed by atoms with Crippen molar-refractivity contribution in [2.24, 2.45) is 0 Å². The summed E-state index contributed by atoms with van der Waals surface area (Å²) in [5, 5.41) is 3.00. The quantitative estimate of drug-likeness (QED) is 0.305. The van der Waals surface area contributed by atoms with Crippen LogP contribution < -0.4 is 10.1 Å². The maximum absolute atomic E-state index is 13.6. The highest BCUT2D eigenvalue weighted by molar-refractivity contribution is 5.89. The van der Waals surface area contributed by atoms with Crippen LogP contribution in [0, 0.1) is 5.82 Å². The van der Waals surface area contributed by atoms with E-state index in [1.165, 1.54) is 17.0 Å². The van der Waals surface area contributed by atoms with E-state index < -0.39 is 6.04 Å². The first-order valence-electron chi connectivity index (χ1n) is 12.2. The first-order valence-corrected chi connectivity index (χ1v) is 12.2. The van der Waals surface area contributed by atoms with E-state index in [1.54, 1.807) is 24.3 Å². The molecule has 0 spiro atoms. The lowest BCUT2D eigenvalue weighted by Gasteiger charge is -2.31. The van der Waals surface area contributed by atoms with Gasteiger partial charge < -0.3 is 15.0 Å². The summed E-state index contributed by atoms with van der Waals surface area (Å²) in [6, 6.07) is 33.1. The van der Waals surface area contributed by atoms with Crippen molar-refractivity contribution in [3.63, 3.8) is 0 Å². The van der Waals surface area contributed by atoms with Gasteiger partial charge in [-0.3, -0.25) is 9.59 Å². The molecular formula is C31H29FN2O3. The molecular weight excluding hydrogens is 467 g/mol. The first kappa shape index (κ1) is 25.6. The average Bonchev–Trinajstić information content (AvgIpc) is 2.94. The first-order chi connectivity index (χ1) is 18.1. The zero-order chi connectivity index (χ0) is 25.9. The summed E-state index contributed by atoms with van der Waals surface area (Å²) in [7, 11) is 0. The molecule has 0 heterocycles. The summed E-state index contributed by atoms with van der Waals surface area (Å²) >= 11 is 0. The lowest BCUT2D eigenvalue weighted by Crippen LogP contribution is -2.45. The highest BCUT2D eigenvalue weighted by atomic mass is 19.1. The second kappa shape index (κ2) is 13.0. The topological polar surface area (TPSA) is 58.6 Å². The summed E-state index contributed by atoms with van der Waals surface area (Å²) in [5.74, 6) is -0.467. The van der Waals surface area contributed by atoms with Crippen LogP contribution in [0.1, 0.15) is 22.7 Å². The minimum atomic E-state index is -0.895.